The van der Waals surface area contributed by atoms with Crippen LogP contribution in [-0.4, -0.2) is 41.2 Å². The molecule has 31 heavy (non-hydrogen) atoms. The third-order valence-electron chi connectivity index (χ3n) is 5.48. The number of hydrogen-bond acceptors (Lipinski definition) is 4. The molecule has 2 heterocycles. The monoisotopic (exact) mass is 416 g/mol. The van der Waals surface area contributed by atoms with Gasteiger partial charge < -0.3 is 14.4 Å². The summed E-state index contributed by atoms with van der Waals surface area (Å²) in [5.41, 5.74) is 3.26. The van der Waals surface area contributed by atoms with Crippen LogP contribution in [0, 0.1) is 0 Å². The lowest BCUT2D eigenvalue weighted by atomic mass is 10.1. The summed E-state index contributed by atoms with van der Waals surface area (Å²) < 4.78 is 11.8. The number of ether oxygens (including phenoxy) is 2. The normalized spacial score (nSPS) is 16.6. The van der Waals surface area contributed by atoms with Crippen molar-refractivity contribution in [3.8, 4) is 16.9 Å². The first-order valence-corrected chi connectivity index (χ1v) is 10.8. The minimum absolute atomic E-state index is 0.0495. The summed E-state index contributed by atoms with van der Waals surface area (Å²) in [6.45, 7) is 3.63. The zero-order chi connectivity index (χ0) is 21.5. The van der Waals surface area contributed by atoms with E-state index in [1.165, 1.54) is 0 Å². The zero-order valence-corrected chi connectivity index (χ0v) is 17.8. The van der Waals surface area contributed by atoms with Crippen LogP contribution in [0.15, 0.2) is 79.1 Å². The molecule has 0 N–H and O–H groups in total. The highest BCUT2D eigenvalue weighted by atomic mass is 16.5. The largest absolute Gasteiger partial charge is 0.481 e. The number of carbonyl (C=O) groups excluding carboxylic acids is 1. The first-order valence-electron chi connectivity index (χ1n) is 10.8. The number of carbonyl (C=O) groups is 1. The molecular formula is C26H28N2O3. The minimum atomic E-state index is -0.597. The molecule has 0 unspecified atom stereocenters. The summed E-state index contributed by atoms with van der Waals surface area (Å²) in [7, 11) is 0. The van der Waals surface area contributed by atoms with Gasteiger partial charge in [0.05, 0.1) is 6.10 Å². The van der Waals surface area contributed by atoms with Crippen LogP contribution in [0.4, 0.5) is 0 Å². The smallest absolute Gasteiger partial charge is 0.263 e. The highest BCUT2D eigenvalue weighted by Crippen LogP contribution is 2.23. The molecule has 160 valence electrons. The third-order valence-corrected chi connectivity index (χ3v) is 5.48. The van der Waals surface area contributed by atoms with Gasteiger partial charge in [0.2, 0.25) is 0 Å². The Bertz CT molecular complexity index is 955. The molecule has 0 radical (unpaired) electrons. The zero-order valence-electron chi connectivity index (χ0n) is 17.8. The van der Waals surface area contributed by atoms with E-state index in [0.717, 1.165) is 36.1 Å². The van der Waals surface area contributed by atoms with Gasteiger partial charge in [0.25, 0.3) is 5.91 Å². The highest BCUT2D eigenvalue weighted by Gasteiger charge is 2.27. The number of aromatic nitrogens is 1. The molecule has 0 bridgehead atoms. The predicted molar refractivity (Wildman–Crippen MR) is 121 cm³/mol. The first kappa shape index (κ1) is 21.1. The van der Waals surface area contributed by atoms with Crippen molar-refractivity contribution >= 4 is 5.91 Å². The average Bonchev–Trinajstić information content (AvgIpc) is 3.33. The van der Waals surface area contributed by atoms with Gasteiger partial charge in [-0.15, -0.1) is 0 Å². The van der Waals surface area contributed by atoms with Gasteiger partial charge in [0, 0.05) is 32.1 Å². The third kappa shape index (κ3) is 5.70. The molecule has 4 rings (SSSR count). The molecule has 1 aromatic heterocycles. The SMILES string of the molecule is C[C@@H](Oc1ccc(-c2ccccc2)cc1)C(=O)N(Cc1cccnc1)C[C@@H]1CCCO1. The Morgan fingerprint density at radius 2 is 1.87 bits per heavy atom. The highest BCUT2D eigenvalue weighted by molar-refractivity contribution is 5.81. The number of rotatable bonds is 8. The van der Waals surface area contributed by atoms with Crippen LogP contribution in [0.1, 0.15) is 25.3 Å². The molecule has 1 amide bonds. The molecule has 1 saturated heterocycles. The van der Waals surface area contributed by atoms with E-state index in [0.29, 0.717) is 18.8 Å². The lowest BCUT2D eigenvalue weighted by molar-refractivity contribution is -0.140. The van der Waals surface area contributed by atoms with Crippen molar-refractivity contribution in [2.24, 2.45) is 0 Å². The maximum atomic E-state index is 13.3. The quantitative estimate of drug-likeness (QED) is 0.533. The fourth-order valence-corrected chi connectivity index (χ4v) is 3.85. The van der Waals surface area contributed by atoms with Gasteiger partial charge in [-0.05, 0) is 54.7 Å². The van der Waals surface area contributed by atoms with Crippen LogP contribution in [-0.2, 0) is 16.1 Å². The van der Waals surface area contributed by atoms with Crippen molar-refractivity contribution in [1.82, 2.24) is 9.88 Å². The van der Waals surface area contributed by atoms with Crippen LogP contribution in [0.3, 0.4) is 0 Å². The van der Waals surface area contributed by atoms with E-state index in [1.54, 1.807) is 19.3 Å². The fourth-order valence-electron chi connectivity index (χ4n) is 3.85. The molecule has 0 saturated carbocycles. The van der Waals surface area contributed by atoms with Gasteiger partial charge >= 0.3 is 0 Å². The van der Waals surface area contributed by atoms with Gasteiger partial charge in [0.1, 0.15) is 5.75 Å². The molecule has 1 fully saturated rings. The summed E-state index contributed by atoms with van der Waals surface area (Å²) in [5, 5.41) is 0. The van der Waals surface area contributed by atoms with Crippen LogP contribution < -0.4 is 4.74 Å². The lowest BCUT2D eigenvalue weighted by Crippen LogP contribution is -2.43. The van der Waals surface area contributed by atoms with Crippen molar-refractivity contribution in [1.29, 1.82) is 0 Å². The second-order valence-corrected chi connectivity index (χ2v) is 7.87. The fraction of sp³-hybridized carbons (Fsp3) is 0.308. The molecule has 5 nitrogen and oxygen atoms in total. The summed E-state index contributed by atoms with van der Waals surface area (Å²) in [5.74, 6) is 0.630. The minimum Gasteiger partial charge on any atom is -0.481 e. The Balaban J connectivity index is 1.43. The Morgan fingerprint density at radius 1 is 1.10 bits per heavy atom. The van der Waals surface area contributed by atoms with Crippen molar-refractivity contribution in [2.75, 3.05) is 13.2 Å². The van der Waals surface area contributed by atoms with Crippen molar-refractivity contribution in [2.45, 2.75) is 38.5 Å². The molecular weight excluding hydrogens is 388 g/mol. The number of hydrogen-bond donors (Lipinski definition) is 0. The van der Waals surface area contributed by atoms with E-state index in [4.69, 9.17) is 9.47 Å². The van der Waals surface area contributed by atoms with Crippen LogP contribution in [0.25, 0.3) is 11.1 Å². The van der Waals surface area contributed by atoms with E-state index < -0.39 is 6.10 Å². The first-order chi connectivity index (χ1) is 15.2. The van der Waals surface area contributed by atoms with E-state index >= 15 is 0 Å². The molecule has 2 aromatic carbocycles. The van der Waals surface area contributed by atoms with Gasteiger partial charge in [-0.1, -0.05) is 48.5 Å². The summed E-state index contributed by atoms with van der Waals surface area (Å²) in [6, 6.07) is 21.9. The Kier molecular flexibility index (Phi) is 6.95. The molecule has 5 heteroatoms. The second kappa shape index (κ2) is 10.2. The maximum Gasteiger partial charge on any atom is 0.263 e. The van der Waals surface area contributed by atoms with E-state index in [9.17, 15) is 4.79 Å². The van der Waals surface area contributed by atoms with E-state index in [-0.39, 0.29) is 12.0 Å². The Hall–Kier alpha value is -3.18. The van der Waals surface area contributed by atoms with Gasteiger partial charge in [0.15, 0.2) is 6.10 Å². The number of amides is 1. The molecule has 3 aromatic rings. The van der Waals surface area contributed by atoms with Crippen molar-refractivity contribution < 1.29 is 14.3 Å². The van der Waals surface area contributed by atoms with Gasteiger partial charge in [-0.3, -0.25) is 9.78 Å². The van der Waals surface area contributed by atoms with Crippen LogP contribution >= 0.6 is 0 Å². The van der Waals surface area contributed by atoms with Crippen LogP contribution in [0.2, 0.25) is 0 Å². The molecule has 0 spiro atoms. The van der Waals surface area contributed by atoms with Crippen molar-refractivity contribution in [3.05, 3.63) is 84.7 Å². The molecule has 0 aliphatic carbocycles. The van der Waals surface area contributed by atoms with Gasteiger partial charge in [-0.25, -0.2) is 0 Å². The van der Waals surface area contributed by atoms with Crippen molar-refractivity contribution in [3.63, 3.8) is 0 Å². The molecule has 1 aliphatic heterocycles. The Labute approximate surface area is 183 Å². The number of pyridine rings is 1. The number of benzene rings is 2. The maximum absolute atomic E-state index is 13.3. The van der Waals surface area contributed by atoms with Gasteiger partial charge in [-0.2, -0.15) is 0 Å². The van der Waals surface area contributed by atoms with E-state index in [2.05, 4.69) is 17.1 Å². The average molecular weight is 417 g/mol. The second-order valence-electron chi connectivity index (χ2n) is 7.87. The topological polar surface area (TPSA) is 51.7 Å². The predicted octanol–water partition coefficient (Wildman–Crippen LogP) is 4.72. The molecule has 2 atom stereocenters. The standard InChI is InChI=1S/C26H28N2O3/c1-20(31-24-13-11-23(12-14-24)22-8-3-2-4-9-22)26(29)28(19-25-10-6-16-30-25)18-21-7-5-15-27-17-21/h2-5,7-9,11-15,17,20,25H,6,10,16,18-19H2,1H3/t20-,25+/m1/s1. The summed E-state index contributed by atoms with van der Waals surface area (Å²) in [6.07, 6.45) is 5.04. The lowest BCUT2D eigenvalue weighted by Gasteiger charge is -2.28. The Morgan fingerprint density at radius 3 is 2.55 bits per heavy atom. The summed E-state index contributed by atoms with van der Waals surface area (Å²) in [4.78, 5) is 19.3. The summed E-state index contributed by atoms with van der Waals surface area (Å²) >= 11 is 0. The number of nitrogens with zero attached hydrogens (tertiary/aromatic N) is 2. The van der Waals surface area contributed by atoms with E-state index in [1.807, 2.05) is 59.5 Å². The van der Waals surface area contributed by atoms with Crippen LogP contribution in [0.5, 0.6) is 5.75 Å². The molecule has 1 aliphatic rings.